The van der Waals surface area contributed by atoms with Crippen molar-refractivity contribution in [3.05, 3.63) is 167 Å². The van der Waals surface area contributed by atoms with E-state index in [4.69, 9.17) is 27.7 Å². The molecular weight excluding hydrogens is 849 g/mol. The summed E-state index contributed by atoms with van der Waals surface area (Å²) in [6.45, 7) is -12.2. The second kappa shape index (κ2) is 16.7. The quantitative estimate of drug-likeness (QED) is 0.156. The number of hydrogen-bond donors (Lipinski definition) is 0. The molecule has 0 unspecified atom stereocenters. The third-order valence-corrected chi connectivity index (χ3v) is 9.73. The van der Waals surface area contributed by atoms with Crippen LogP contribution in [-0.4, -0.2) is 9.97 Å². The molecule has 277 valence electrons. The third-order valence-electron chi connectivity index (χ3n) is 9.73. The molecule has 1 aliphatic carbocycles. The Balaban J connectivity index is 0.000000240. The summed E-state index contributed by atoms with van der Waals surface area (Å²) in [5, 5.41) is 1.21. The number of rotatable bonds is 6. The van der Waals surface area contributed by atoms with Crippen LogP contribution in [0.25, 0.3) is 66.7 Å². The number of para-hydroxylation sites is 1. The second-order valence-corrected chi connectivity index (χ2v) is 13.4. The van der Waals surface area contributed by atoms with Crippen molar-refractivity contribution in [2.75, 3.05) is 0 Å². The molecule has 0 aliphatic heterocycles. The number of benzene rings is 5. The number of hydrogen-bond acceptors (Lipinski definition) is 3. The van der Waals surface area contributed by atoms with Crippen LogP contribution in [0.1, 0.15) is 82.4 Å². The van der Waals surface area contributed by atoms with Crippen LogP contribution < -0.4 is 0 Å². The molecule has 8 aromatic rings. The summed E-state index contributed by atoms with van der Waals surface area (Å²) >= 11 is 0. The van der Waals surface area contributed by atoms with Crippen LogP contribution in [0, 0.1) is 52.3 Å². The van der Waals surface area contributed by atoms with Crippen molar-refractivity contribution < 1.29 is 47.8 Å². The van der Waals surface area contributed by atoms with E-state index in [2.05, 4.69) is 22.1 Å². The Kier molecular flexibility index (Phi) is 6.80. The Bertz CT molecular complexity index is 3220. The van der Waals surface area contributed by atoms with Gasteiger partial charge in [0, 0.05) is 61.2 Å². The van der Waals surface area contributed by atoms with Crippen molar-refractivity contribution in [1.82, 2.24) is 9.97 Å². The minimum atomic E-state index is -2.68. The number of nitrogens with zero attached hydrogens (tertiary/aromatic N) is 2. The van der Waals surface area contributed by atoms with Gasteiger partial charge < -0.3 is 14.4 Å². The zero-order valence-corrected chi connectivity index (χ0v) is 32.0. The molecule has 9 rings (SSSR count). The predicted octanol–water partition coefficient (Wildman–Crippen LogP) is 13.6. The summed E-state index contributed by atoms with van der Waals surface area (Å²) in [4.78, 5) is 8.64. The zero-order valence-electron chi connectivity index (χ0n) is 46.6. The smallest absolute Gasteiger partial charge is 0.123 e. The molecule has 1 aliphatic rings. The molecule has 0 atom stereocenters. The van der Waals surface area contributed by atoms with Crippen molar-refractivity contribution in [3.8, 4) is 44.8 Å². The average Bonchev–Trinajstić information content (AvgIpc) is 4.00. The third kappa shape index (κ3) is 8.13. The van der Waals surface area contributed by atoms with Crippen LogP contribution in [0.4, 0.5) is 0 Å². The SMILES string of the molecule is [2H]C([2H])([2H])c1ccc(-c2[c-]cc(C([2H])([2H])[2H])c(-c3ccccc3)c2)nc1.[2H]C([2H])([2H])c1cnc(-c2[c-]ccc3c2oc2c(C([2H])([2H])[2H])cccc23)cc1-c1ccc(C([2H])([2H])C2CCCC2)cc1C([2H])([2H])[2H].[Ir]. The van der Waals surface area contributed by atoms with Gasteiger partial charge in [-0.2, -0.15) is 0 Å². The van der Waals surface area contributed by atoms with Crippen LogP contribution in [0.2, 0.25) is 0 Å². The maximum atomic E-state index is 8.84. The van der Waals surface area contributed by atoms with Crippen LogP contribution in [0.15, 0.2) is 126 Å². The topological polar surface area (TPSA) is 38.9 Å². The number of aryl methyl sites for hydroxylation is 5. The Morgan fingerprint density at radius 1 is 0.673 bits per heavy atom. The van der Waals surface area contributed by atoms with Gasteiger partial charge in [0.15, 0.2) is 0 Å². The van der Waals surface area contributed by atoms with E-state index in [1.165, 1.54) is 48.8 Å². The van der Waals surface area contributed by atoms with E-state index in [-0.39, 0.29) is 81.8 Å². The Morgan fingerprint density at radius 2 is 1.49 bits per heavy atom. The Morgan fingerprint density at radius 3 is 2.27 bits per heavy atom. The van der Waals surface area contributed by atoms with Gasteiger partial charge >= 0.3 is 0 Å². The van der Waals surface area contributed by atoms with Crippen molar-refractivity contribution in [2.45, 2.75) is 66.3 Å². The number of fused-ring (bicyclic) bond motifs is 3. The summed E-state index contributed by atoms with van der Waals surface area (Å²) in [5.74, 6) is -0.232. The molecule has 3 aromatic heterocycles. The van der Waals surface area contributed by atoms with Crippen molar-refractivity contribution >= 4 is 21.9 Å². The van der Waals surface area contributed by atoms with Gasteiger partial charge in [0.2, 0.25) is 0 Å². The first kappa shape index (κ1) is 22.4. The summed E-state index contributed by atoms with van der Waals surface area (Å²) in [6, 6.07) is 35.8. The largest absolute Gasteiger partial charge is 0.500 e. The molecule has 1 saturated carbocycles. The molecule has 55 heavy (non-hydrogen) atoms. The average molecular weight is 912 g/mol. The van der Waals surface area contributed by atoms with E-state index in [1.807, 2.05) is 30.3 Å². The molecule has 3 nitrogen and oxygen atoms in total. The standard InChI is InChI=1S/C32H30NO.C19H16N.Ir/c1-20-8-6-11-26-27-12-7-13-28(32(27)34-31(20)26)30-18-29(22(3)19-33-30)25-15-14-24(16-21(25)2)17-23-9-4-5-10-23;1-14-8-11-19(20-13-14)17-10-9-15(2)18(12-17)16-6-4-3-5-7-16;/h6-8,11-12,14-16,18-19,23H,4-5,9-10,17H2,1-3H3;3-9,11-13H,1-2H3;/q2*-1;/i1D3,2D3,3D3,17D2;1D3,2D3;. The monoisotopic (exact) mass is 912 g/mol. The van der Waals surface area contributed by atoms with E-state index >= 15 is 0 Å². The van der Waals surface area contributed by atoms with E-state index in [0.717, 1.165) is 18.4 Å². The van der Waals surface area contributed by atoms with Crippen LogP contribution >= 0.6 is 0 Å². The fourth-order valence-electron chi connectivity index (χ4n) is 6.99. The van der Waals surface area contributed by atoms with Gasteiger partial charge in [0.1, 0.15) is 5.58 Å². The number of furan rings is 1. The molecule has 4 heteroatoms. The van der Waals surface area contributed by atoms with Gasteiger partial charge in [0.05, 0.1) is 5.58 Å². The first-order valence-corrected chi connectivity index (χ1v) is 17.8. The molecular formula is C51H46IrN2O-2. The number of pyridine rings is 2. The van der Waals surface area contributed by atoms with E-state index in [9.17, 15) is 0 Å². The van der Waals surface area contributed by atoms with Crippen molar-refractivity contribution in [2.24, 2.45) is 5.92 Å². The molecule has 0 saturated heterocycles. The summed E-state index contributed by atoms with van der Waals surface area (Å²) in [7, 11) is 0. The molecule has 0 bridgehead atoms. The first-order valence-electron chi connectivity index (χ1n) is 26.3. The maximum Gasteiger partial charge on any atom is 0.123 e. The van der Waals surface area contributed by atoms with Crippen molar-refractivity contribution in [3.63, 3.8) is 0 Å². The molecule has 1 fully saturated rings. The van der Waals surface area contributed by atoms with E-state index < -0.39 is 40.6 Å². The van der Waals surface area contributed by atoms with Gasteiger partial charge in [-0.3, -0.25) is 0 Å². The Hall–Kier alpha value is -5.15. The van der Waals surface area contributed by atoms with Gasteiger partial charge in [-0.05, 0) is 95.6 Å². The number of aromatic nitrogens is 2. The normalized spacial score (nSPS) is 18.7. The Labute approximate surface area is 363 Å². The van der Waals surface area contributed by atoms with Gasteiger partial charge in [0.25, 0.3) is 0 Å². The molecule has 3 heterocycles. The summed E-state index contributed by atoms with van der Waals surface area (Å²) in [5.41, 5.74) is 4.22. The molecule has 0 N–H and O–H groups in total. The van der Waals surface area contributed by atoms with E-state index in [0.29, 0.717) is 51.6 Å². The summed E-state index contributed by atoms with van der Waals surface area (Å²) < 4.78 is 143. The maximum absolute atomic E-state index is 8.84. The van der Waals surface area contributed by atoms with Crippen LogP contribution in [0.5, 0.6) is 0 Å². The fourth-order valence-corrected chi connectivity index (χ4v) is 6.99. The molecule has 0 amide bonds. The molecule has 5 aromatic carbocycles. The van der Waals surface area contributed by atoms with Crippen LogP contribution in [-0.2, 0) is 26.5 Å². The van der Waals surface area contributed by atoms with Gasteiger partial charge in [-0.15, -0.1) is 47.5 Å². The summed E-state index contributed by atoms with van der Waals surface area (Å²) in [6.07, 6.45) is 4.03. The predicted molar refractivity (Wildman–Crippen MR) is 225 cm³/mol. The molecule has 1 radical (unpaired) electrons. The van der Waals surface area contributed by atoms with Crippen LogP contribution in [0.3, 0.4) is 0 Å². The first-order chi connectivity index (χ1) is 33.1. The molecule has 0 spiro atoms. The van der Waals surface area contributed by atoms with Crippen molar-refractivity contribution in [1.29, 1.82) is 0 Å². The van der Waals surface area contributed by atoms with E-state index in [1.54, 1.807) is 42.5 Å². The minimum absolute atomic E-state index is 0. The van der Waals surface area contributed by atoms with Gasteiger partial charge in [-0.1, -0.05) is 134 Å². The second-order valence-electron chi connectivity index (χ2n) is 13.4. The minimum Gasteiger partial charge on any atom is -0.500 e. The zero-order chi connectivity index (χ0) is 51.5. The van der Waals surface area contributed by atoms with Gasteiger partial charge in [-0.25, -0.2) is 0 Å². The fraction of sp³-hybridized carbons (Fsp3) is 0.216.